The summed E-state index contributed by atoms with van der Waals surface area (Å²) >= 11 is 0. The van der Waals surface area contributed by atoms with Gasteiger partial charge in [0, 0.05) is 6.54 Å². The molecule has 0 spiro atoms. The number of aryl methyl sites for hydroxylation is 1. The standard InChI is InChI=1S/C34H33N3O2/c1-4-30(36(5-2)34(39)31(25-16-8-6-9-17-25)26-18-10-7-11-19-26)32-35-29-22-13-12-21-28(29)33(38)37(32)27-20-14-15-24(3)23-27/h6-23,30-31H,4-5H2,1-3H3. The van der Waals surface area contributed by atoms with Crippen molar-refractivity contribution in [1.82, 2.24) is 14.5 Å². The first-order valence-corrected chi connectivity index (χ1v) is 13.5. The largest absolute Gasteiger partial charge is 0.332 e. The lowest BCUT2D eigenvalue weighted by atomic mass is 9.89. The highest BCUT2D eigenvalue weighted by molar-refractivity contribution is 5.87. The molecule has 0 N–H and O–H groups in total. The Kier molecular flexibility index (Phi) is 7.69. The topological polar surface area (TPSA) is 55.2 Å². The molecule has 1 aromatic heterocycles. The summed E-state index contributed by atoms with van der Waals surface area (Å²) in [5, 5.41) is 0.554. The second-order valence-electron chi connectivity index (χ2n) is 9.77. The van der Waals surface area contributed by atoms with E-state index in [4.69, 9.17) is 4.98 Å². The van der Waals surface area contributed by atoms with Gasteiger partial charge in [-0.15, -0.1) is 0 Å². The van der Waals surface area contributed by atoms with Gasteiger partial charge in [0.25, 0.3) is 5.56 Å². The number of rotatable bonds is 8. The van der Waals surface area contributed by atoms with Crippen LogP contribution in [0.2, 0.25) is 0 Å². The summed E-state index contributed by atoms with van der Waals surface area (Å²) in [5.74, 6) is 0.0859. The van der Waals surface area contributed by atoms with Crippen LogP contribution in [0.4, 0.5) is 0 Å². The molecule has 0 saturated heterocycles. The van der Waals surface area contributed by atoms with Crippen LogP contribution < -0.4 is 5.56 Å². The van der Waals surface area contributed by atoms with Crippen molar-refractivity contribution in [1.29, 1.82) is 0 Å². The van der Waals surface area contributed by atoms with Crippen molar-refractivity contribution in [3.05, 3.63) is 142 Å². The first kappa shape index (κ1) is 26.1. The minimum atomic E-state index is -0.471. The molecule has 0 bridgehead atoms. The predicted molar refractivity (Wildman–Crippen MR) is 157 cm³/mol. The highest BCUT2D eigenvalue weighted by Gasteiger charge is 2.33. The summed E-state index contributed by atoms with van der Waals surface area (Å²) in [6, 6.07) is 34.7. The number of aromatic nitrogens is 2. The summed E-state index contributed by atoms with van der Waals surface area (Å²) in [6.45, 7) is 6.52. The average Bonchev–Trinajstić information content (AvgIpc) is 2.97. The van der Waals surface area contributed by atoms with Crippen LogP contribution in [0, 0.1) is 6.92 Å². The smallest absolute Gasteiger partial charge is 0.266 e. The van der Waals surface area contributed by atoms with Gasteiger partial charge < -0.3 is 4.90 Å². The summed E-state index contributed by atoms with van der Waals surface area (Å²) in [7, 11) is 0. The molecule has 0 saturated carbocycles. The molecule has 196 valence electrons. The third-order valence-electron chi connectivity index (χ3n) is 7.26. The number of likely N-dealkylation sites (N-methyl/N-ethyl adjacent to an activating group) is 1. The molecule has 5 aromatic rings. The van der Waals surface area contributed by atoms with Gasteiger partial charge in [0.05, 0.1) is 28.6 Å². The SMILES string of the molecule is CCC(c1nc2ccccc2c(=O)n1-c1cccc(C)c1)N(CC)C(=O)C(c1ccccc1)c1ccccc1. The monoisotopic (exact) mass is 515 g/mol. The molecule has 0 radical (unpaired) electrons. The van der Waals surface area contributed by atoms with E-state index in [0.717, 1.165) is 22.4 Å². The van der Waals surface area contributed by atoms with Gasteiger partial charge in [0.1, 0.15) is 5.82 Å². The Bertz CT molecular complexity index is 1600. The summed E-state index contributed by atoms with van der Waals surface area (Å²) in [5.41, 5.74) is 4.16. The van der Waals surface area contributed by atoms with Crippen molar-refractivity contribution in [2.45, 2.75) is 39.2 Å². The van der Waals surface area contributed by atoms with Gasteiger partial charge in [-0.3, -0.25) is 14.2 Å². The normalized spacial score (nSPS) is 12.0. The number of benzene rings is 4. The molecular formula is C34H33N3O2. The van der Waals surface area contributed by atoms with Crippen molar-refractivity contribution in [3.63, 3.8) is 0 Å². The lowest BCUT2D eigenvalue weighted by Gasteiger charge is -2.34. The van der Waals surface area contributed by atoms with Crippen LogP contribution in [0.25, 0.3) is 16.6 Å². The molecule has 1 unspecified atom stereocenters. The zero-order valence-electron chi connectivity index (χ0n) is 22.6. The lowest BCUT2D eigenvalue weighted by molar-refractivity contribution is -0.134. The minimum absolute atomic E-state index is 0.0139. The Hall–Kier alpha value is -4.51. The third kappa shape index (κ3) is 5.13. The summed E-state index contributed by atoms with van der Waals surface area (Å²) < 4.78 is 1.69. The van der Waals surface area contributed by atoms with Crippen LogP contribution in [0.3, 0.4) is 0 Å². The minimum Gasteiger partial charge on any atom is -0.332 e. The zero-order chi connectivity index (χ0) is 27.4. The molecule has 0 aliphatic carbocycles. The van der Waals surface area contributed by atoms with Crippen molar-refractivity contribution in [3.8, 4) is 5.69 Å². The highest BCUT2D eigenvalue weighted by atomic mass is 16.2. The number of hydrogen-bond acceptors (Lipinski definition) is 3. The van der Waals surface area contributed by atoms with Crippen LogP contribution in [-0.4, -0.2) is 26.9 Å². The molecule has 5 rings (SSSR count). The van der Waals surface area contributed by atoms with Crippen LogP contribution in [0.15, 0.2) is 114 Å². The Morgan fingerprint density at radius 1 is 0.821 bits per heavy atom. The fourth-order valence-electron chi connectivity index (χ4n) is 5.40. The molecule has 5 heteroatoms. The van der Waals surface area contributed by atoms with E-state index in [0.29, 0.717) is 29.7 Å². The van der Waals surface area contributed by atoms with Crippen molar-refractivity contribution in [2.75, 3.05) is 6.54 Å². The van der Waals surface area contributed by atoms with Crippen LogP contribution in [0.1, 0.15) is 54.7 Å². The van der Waals surface area contributed by atoms with Crippen molar-refractivity contribution < 1.29 is 4.79 Å². The maximum atomic E-state index is 14.5. The number of amides is 1. The second kappa shape index (κ2) is 11.5. The molecule has 4 aromatic carbocycles. The van der Waals surface area contributed by atoms with E-state index in [2.05, 4.69) is 0 Å². The van der Waals surface area contributed by atoms with Gasteiger partial charge >= 0.3 is 0 Å². The van der Waals surface area contributed by atoms with E-state index in [-0.39, 0.29) is 11.5 Å². The molecule has 1 heterocycles. The molecule has 1 amide bonds. The Morgan fingerprint density at radius 3 is 2.03 bits per heavy atom. The predicted octanol–water partition coefficient (Wildman–Crippen LogP) is 6.83. The number of carbonyl (C=O) groups is 1. The molecule has 0 aliphatic rings. The molecule has 39 heavy (non-hydrogen) atoms. The van der Waals surface area contributed by atoms with Crippen LogP contribution in [-0.2, 0) is 4.79 Å². The maximum absolute atomic E-state index is 14.5. The highest BCUT2D eigenvalue weighted by Crippen LogP contribution is 2.33. The zero-order valence-corrected chi connectivity index (χ0v) is 22.6. The van der Waals surface area contributed by atoms with Crippen LogP contribution in [0.5, 0.6) is 0 Å². The number of fused-ring (bicyclic) bond motifs is 1. The van der Waals surface area contributed by atoms with Gasteiger partial charge in [0.2, 0.25) is 5.91 Å². The van der Waals surface area contributed by atoms with Gasteiger partial charge in [-0.2, -0.15) is 0 Å². The van der Waals surface area contributed by atoms with Crippen LogP contribution >= 0.6 is 0 Å². The quantitative estimate of drug-likeness (QED) is 0.228. The van der Waals surface area contributed by atoms with E-state index >= 15 is 0 Å². The number of carbonyl (C=O) groups excluding carboxylic acids is 1. The van der Waals surface area contributed by atoms with E-state index in [1.165, 1.54) is 0 Å². The molecule has 0 aliphatic heterocycles. The van der Waals surface area contributed by atoms with E-state index in [9.17, 15) is 9.59 Å². The van der Waals surface area contributed by atoms with Gasteiger partial charge in [-0.25, -0.2) is 4.98 Å². The van der Waals surface area contributed by atoms with E-state index in [1.54, 1.807) is 4.57 Å². The third-order valence-corrected chi connectivity index (χ3v) is 7.26. The number of hydrogen-bond donors (Lipinski definition) is 0. The first-order chi connectivity index (χ1) is 19.0. The average molecular weight is 516 g/mol. The Balaban J connectivity index is 1.70. The number of para-hydroxylation sites is 1. The molecule has 1 atom stereocenters. The fourth-order valence-corrected chi connectivity index (χ4v) is 5.40. The van der Waals surface area contributed by atoms with Gasteiger partial charge in [-0.1, -0.05) is 91.9 Å². The molecule has 5 nitrogen and oxygen atoms in total. The van der Waals surface area contributed by atoms with Gasteiger partial charge in [-0.05, 0) is 61.2 Å². The second-order valence-corrected chi connectivity index (χ2v) is 9.77. The van der Waals surface area contributed by atoms with E-state index in [1.807, 2.05) is 135 Å². The fraction of sp³-hybridized carbons (Fsp3) is 0.206. The summed E-state index contributed by atoms with van der Waals surface area (Å²) in [6.07, 6.45) is 0.604. The van der Waals surface area contributed by atoms with Gasteiger partial charge in [0.15, 0.2) is 0 Å². The van der Waals surface area contributed by atoms with Crippen molar-refractivity contribution >= 4 is 16.8 Å². The summed E-state index contributed by atoms with van der Waals surface area (Å²) in [4.78, 5) is 35.4. The molecular weight excluding hydrogens is 482 g/mol. The Labute approximate surface area is 229 Å². The molecule has 0 fully saturated rings. The Morgan fingerprint density at radius 2 is 1.44 bits per heavy atom. The number of nitrogens with zero attached hydrogens (tertiary/aromatic N) is 3. The first-order valence-electron chi connectivity index (χ1n) is 13.5. The van der Waals surface area contributed by atoms with Crippen molar-refractivity contribution in [2.24, 2.45) is 0 Å². The maximum Gasteiger partial charge on any atom is 0.266 e. The lowest BCUT2D eigenvalue weighted by Crippen LogP contribution is -2.41. The van der Waals surface area contributed by atoms with E-state index < -0.39 is 12.0 Å².